The molecule has 0 unspecified atom stereocenters. The van der Waals surface area contributed by atoms with Crippen molar-refractivity contribution in [1.82, 2.24) is 4.31 Å². The van der Waals surface area contributed by atoms with Crippen LogP contribution in [0.5, 0.6) is 0 Å². The Morgan fingerprint density at radius 3 is 2.29 bits per heavy atom. The van der Waals surface area contributed by atoms with E-state index >= 15 is 0 Å². The molecule has 0 aliphatic carbocycles. The number of aryl methyl sites for hydroxylation is 2. The van der Waals surface area contributed by atoms with Gasteiger partial charge in [0, 0.05) is 18.1 Å². The second-order valence-corrected chi connectivity index (χ2v) is 8.09. The van der Waals surface area contributed by atoms with Crippen molar-refractivity contribution in [2.24, 2.45) is 0 Å². The molecule has 0 spiro atoms. The highest BCUT2D eigenvalue weighted by molar-refractivity contribution is 9.10. The minimum atomic E-state index is -3.48. The Kier molecular flexibility index (Phi) is 4.86. The first-order valence-electron chi connectivity index (χ1n) is 6.59. The van der Waals surface area contributed by atoms with Gasteiger partial charge in [-0.3, -0.25) is 0 Å². The van der Waals surface area contributed by atoms with E-state index in [1.807, 2.05) is 50.2 Å². The van der Waals surface area contributed by atoms with E-state index in [1.54, 1.807) is 13.1 Å². The van der Waals surface area contributed by atoms with Crippen LogP contribution in [0, 0.1) is 13.8 Å². The molecule has 3 nitrogen and oxygen atoms in total. The van der Waals surface area contributed by atoms with Crippen LogP contribution in [0.4, 0.5) is 0 Å². The maximum Gasteiger partial charge on any atom is 0.243 e. The molecule has 2 aromatic rings. The van der Waals surface area contributed by atoms with Crippen molar-refractivity contribution in [3.05, 3.63) is 63.6 Å². The first-order valence-corrected chi connectivity index (χ1v) is 8.82. The Balaban J connectivity index is 2.30. The number of halogens is 1. The molecule has 0 atom stereocenters. The average molecular weight is 368 g/mol. The first kappa shape index (κ1) is 16.2. The van der Waals surface area contributed by atoms with Crippen LogP contribution in [-0.4, -0.2) is 19.8 Å². The first-order chi connectivity index (χ1) is 9.80. The van der Waals surface area contributed by atoms with Crippen LogP contribution in [-0.2, 0) is 16.6 Å². The number of hydrogen-bond donors (Lipinski definition) is 0. The topological polar surface area (TPSA) is 37.4 Å². The summed E-state index contributed by atoms with van der Waals surface area (Å²) in [5.74, 6) is 0. The predicted octanol–water partition coefficient (Wildman–Crippen LogP) is 3.89. The van der Waals surface area contributed by atoms with E-state index in [0.717, 1.165) is 21.2 Å². The minimum Gasteiger partial charge on any atom is -0.207 e. The molecule has 0 radical (unpaired) electrons. The van der Waals surface area contributed by atoms with Crippen molar-refractivity contribution < 1.29 is 8.42 Å². The third kappa shape index (κ3) is 3.73. The molecular weight excluding hydrogens is 350 g/mol. The zero-order valence-corrected chi connectivity index (χ0v) is 14.7. The van der Waals surface area contributed by atoms with Gasteiger partial charge in [-0.05, 0) is 48.7 Å². The normalized spacial score (nSPS) is 11.9. The standard InChI is InChI=1S/C16H18BrNO2S/c1-12-4-5-13(2)16(10-12)21(19,20)18(3)11-14-6-8-15(17)9-7-14/h4-10H,11H2,1-3H3. The van der Waals surface area contributed by atoms with Gasteiger partial charge in [0.15, 0.2) is 0 Å². The summed E-state index contributed by atoms with van der Waals surface area (Å²) in [6.45, 7) is 4.07. The van der Waals surface area contributed by atoms with Gasteiger partial charge in [-0.25, -0.2) is 8.42 Å². The lowest BCUT2D eigenvalue weighted by Crippen LogP contribution is -2.27. The maximum absolute atomic E-state index is 12.7. The summed E-state index contributed by atoms with van der Waals surface area (Å²) in [7, 11) is -1.87. The molecule has 21 heavy (non-hydrogen) atoms. The molecule has 0 heterocycles. The monoisotopic (exact) mass is 367 g/mol. The third-order valence-corrected chi connectivity index (χ3v) is 5.82. The van der Waals surface area contributed by atoms with E-state index in [2.05, 4.69) is 15.9 Å². The van der Waals surface area contributed by atoms with Crippen LogP contribution in [0.2, 0.25) is 0 Å². The van der Waals surface area contributed by atoms with Crippen molar-refractivity contribution in [3.8, 4) is 0 Å². The molecule has 5 heteroatoms. The van der Waals surface area contributed by atoms with Gasteiger partial charge in [-0.2, -0.15) is 4.31 Å². The fraction of sp³-hybridized carbons (Fsp3) is 0.250. The summed E-state index contributed by atoms with van der Waals surface area (Å²) in [5, 5.41) is 0. The summed E-state index contributed by atoms with van der Waals surface area (Å²) in [4.78, 5) is 0.377. The lowest BCUT2D eigenvalue weighted by Gasteiger charge is -2.19. The molecule has 0 N–H and O–H groups in total. The molecule has 0 aliphatic heterocycles. The van der Waals surface area contributed by atoms with E-state index in [1.165, 1.54) is 4.31 Å². The smallest absolute Gasteiger partial charge is 0.207 e. The van der Waals surface area contributed by atoms with Gasteiger partial charge in [0.05, 0.1) is 4.90 Å². The van der Waals surface area contributed by atoms with E-state index in [4.69, 9.17) is 0 Å². The van der Waals surface area contributed by atoms with E-state index in [0.29, 0.717) is 11.4 Å². The van der Waals surface area contributed by atoms with Crippen LogP contribution in [0.1, 0.15) is 16.7 Å². The summed E-state index contributed by atoms with van der Waals surface area (Å²) >= 11 is 3.37. The van der Waals surface area contributed by atoms with Gasteiger partial charge in [0.25, 0.3) is 0 Å². The fourth-order valence-corrected chi connectivity index (χ4v) is 3.81. The third-order valence-electron chi connectivity index (χ3n) is 3.35. The van der Waals surface area contributed by atoms with Crippen molar-refractivity contribution in [3.63, 3.8) is 0 Å². The van der Waals surface area contributed by atoms with Crippen LogP contribution >= 0.6 is 15.9 Å². The number of sulfonamides is 1. The molecule has 112 valence electrons. The van der Waals surface area contributed by atoms with Crippen LogP contribution < -0.4 is 0 Å². The van der Waals surface area contributed by atoms with Gasteiger partial charge in [-0.15, -0.1) is 0 Å². The van der Waals surface area contributed by atoms with Crippen molar-refractivity contribution >= 4 is 26.0 Å². The molecule has 0 aliphatic rings. The Bertz CT molecular complexity index is 739. The lowest BCUT2D eigenvalue weighted by atomic mass is 10.2. The van der Waals surface area contributed by atoms with Crippen LogP contribution in [0.15, 0.2) is 51.8 Å². The molecular formula is C16H18BrNO2S. The van der Waals surface area contributed by atoms with Crippen LogP contribution in [0.3, 0.4) is 0 Å². The van der Waals surface area contributed by atoms with Crippen molar-refractivity contribution in [2.45, 2.75) is 25.3 Å². The molecule has 0 fully saturated rings. The second kappa shape index (κ2) is 6.30. The van der Waals surface area contributed by atoms with Gasteiger partial charge in [0.2, 0.25) is 10.0 Å². The fourth-order valence-electron chi connectivity index (χ4n) is 2.09. The van der Waals surface area contributed by atoms with E-state index < -0.39 is 10.0 Å². The Morgan fingerprint density at radius 2 is 1.67 bits per heavy atom. The van der Waals surface area contributed by atoms with Crippen molar-refractivity contribution in [2.75, 3.05) is 7.05 Å². The Labute approximate surface area is 134 Å². The largest absolute Gasteiger partial charge is 0.243 e. The quantitative estimate of drug-likeness (QED) is 0.821. The molecule has 2 rings (SSSR count). The zero-order valence-electron chi connectivity index (χ0n) is 12.3. The van der Waals surface area contributed by atoms with Crippen molar-refractivity contribution in [1.29, 1.82) is 0 Å². The molecule has 0 amide bonds. The number of rotatable bonds is 4. The van der Waals surface area contributed by atoms with E-state index in [9.17, 15) is 8.42 Å². The summed E-state index contributed by atoms with van der Waals surface area (Å²) in [5.41, 5.74) is 2.66. The highest BCUT2D eigenvalue weighted by Gasteiger charge is 2.22. The highest BCUT2D eigenvalue weighted by Crippen LogP contribution is 2.22. The van der Waals surface area contributed by atoms with Gasteiger partial charge < -0.3 is 0 Å². The molecule has 0 bridgehead atoms. The Morgan fingerprint density at radius 1 is 1.05 bits per heavy atom. The zero-order chi connectivity index (χ0) is 15.6. The molecule has 0 aromatic heterocycles. The maximum atomic E-state index is 12.7. The predicted molar refractivity (Wildman–Crippen MR) is 88.7 cm³/mol. The summed E-state index contributed by atoms with van der Waals surface area (Å²) in [6.07, 6.45) is 0. The number of hydrogen-bond acceptors (Lipinski definition) is 2. The summed E-state index contributed by atoms with van der Waals surface area (Å²) < 4.78 is 27.8. The highest BCUT2D eigenvalue weighted by atomic mass is 79.9. The Hall–Kier alpha value is -1.17. The van der Waals surface area contributed by atoms with Gasteiger partial charge in [0.1, 0.15) is 0 Å². The number of benzene rings is 2. The lowest BCUT2D eigenvalue weighted by molar-refractivity contribution is 0.466. The molecule has 0 saturated heterocycles. The SMILES string of the molecule is Cc1ccc(C)c(S(=O)(=O)N(C)Cc2ccc(Br)cc2)c1. The van der Waals surface area contributed by atoms with E-state index in [-0.39, 0.29) is 0 Å². The molecule has 0 saturated carbocycles. The average Bonchev–Trinajstić information content (AvgIpc) is 2.43. The second-order valence-electron chi connectivity index (χ2n) is 5.16. The molecule has 2 aromatic carbocycles. The number of nitrogens with zero attached hydrogens (tertiary/aromatic N) is 1. The van der Waals surface area contributed by atoms with Crippen LogP contribution in [0.25, 0.3) is 0 Å². The summed E-state index contributed by atoms with van der Waals surface area (Å²) in [6, 6.07) is 13.1. The minimum absolute atomic E-state index is 0.350. The van der Waals surface area contributed by atoms with Gasteiger partial charge in [-0.1, -0.05) is 40.2 Å². The van der Waals surface area contributed by atoms with Gasteiger partial charge >= 0.3 is 0 Å².